The Labute approximate surface area is 125 Å². The SMILES string of the molecule is CC(C)(C)CC(C)(C)CC(=O)N[C@@H](CCC(=O)[O-])C(=O)[O-]. The topological polar surface area (TPSA) is 109 Å². The molecule has 0 aromatic heterocycles. The second-order valence-corrected chi connectivity index (χ2v) is 7.43. The molecule has 21 heavy (non-hydrogen) atoms. The van der Waals surface area contributed by atoms with Gasteiger partial charge in [-0.2, -0.15) is 0 Å². The van der Waals surface area contributed by atoms with E-state index in [0.29, 0.717) is 0 Å². The lowest BCUT2D eigenvalue weighted by molar-refractivity contribution is -0.310. The Morgan fingerprint density at radius 1 is 1.05 bits per heavy atom. The molecule has 0 unspecified atom stereocenters. The van der Waals surface area contributed by atoms with Crippen LogP contribution in [0.25, 0.3) is 0 Å². The van der Waals surface area contributed by atoms with E-state index < -0.39 is 30.3 Å². The van der Waals surface area contributed by atoms with Crippen molar-refractivity contribution in [3.63, 3.8) is 0 Å². The molecule has 0 aromatic rings. The lowest BCUT2D eigenvalue weighted by Crippen LogP contribution is -2.49. The predicted octanol–water partition coefficient (Wildman–Crippen LogP) is -0.396. The first-order chi connectivity index (χ1) is 9.32. The number of hydrogen-bond acceptors (Lipinski definition) is 5. The highest BCUT2D eigenvalue weighted by Gasteiger charge is 2.28. The number of aliphatic carboxylic acids is 2. The highest BCUT2D eigenvalue weighted by molar-refractivity contribution is 5.83. The van der Waals surface area contributed by atoms with Gasteiger partial charge in [0.05, 0.1) is 12.0 Å². The fourth-order valence-electron chi connectivity index (χ4n) is 2.69. The number of carbonyl (C=O) groups excluding carboxylic acids is 3. The quantitative estimate of drug-likeness (QED) is 0.656. The zero-order valence-corrected chi connectivity index (χ0v) is 13.4. The molecule has 1 amide bonds. The third-order valence-corrected chi connectivity index (χ3v) is 2.90. The fraction of sp³-hybridized carbons (Fsp3) is 0.800. The number of hydrogen-bond donors (Lipinski definition) is 1. The van der Waals surface area contributed by atoms with Crippen LogP contribution in [0.4, 0.5) is 0 Å². The lowest BCUT2D eigenvalue weighted by Gasteiger charge is -2.32. The van der Waals surface area contributed by atoms with E-state index in [1.807, 2.05) is 13.8 Å². The monoisotopic (exact) mass is 299 g/mol. The highest BCUT2D eigenvalue weighted by atomic mass is 16.4. The van der Waals surface area contributed by atoms with E-state index in [9.17, 15) is 24.6 Å². The highest BCUT2D eigenvalue weighted by Crippen LogP contribution is 2.35. The molecule has 0 fully saturated rings. The number of amides is 1. The predicted molar refractivity (Wildman–Crippen MR) is 73.6 cm³/mol. The second kappa shape index (κ2) is 7.43. The number of carboxylic acids is 2. The third-order valence-electron chi connectivity index (χ3n) is 2.90. The molecule has 0 aromatic carbocycles. The number of nitrogens with one attached hydrogen (secondary N) is 1. The molecule has 1 atom stereocenters. The molecule has 0 bridgehead atoms. The molecular formula is C15H25NO5-2. The fourth-order valence-corrected chi connectivity index (χ4v) is 2.69. The lowest BCUT2D eigenvalue weighted by atomic mass is 9.74. The van der Waals surface area contributed by atoms with E-state index >= 15 is 0 Å². The summed E-state index contributed by atoms with van der Waals surface area (Å²) >= 11 is 0. The van der Waals surface area contributed by atoms with Crippen LogP contribution >= 0.6 is 0 Å². The molecular weight excluding hydrogens is 274 g/mol. The van der Waals surface area contributed by atoms with Gasteiger partial charge >= 0.3 is 0 Å². The average Bonchev–Trinajstić information content (AvgIpc) is 2.18. The smallest absolute Gasteiger partial charge is 0.221 e. The molecule has 0 heterocycles. The van der Waals surface area contributed by atoms with Crippen molar-refractivity contribution in [1.82, 2.24) is 5.32 Å². The summed E-state index contributed by atoms with van der Waals surface area (Å²) in [5.74, 6) is -3.27. The minimum Gasteiger partial charge on any atom is -0.550 e. The van der Waals surface area contributed by atoms with Crippen molar-refractivity contribution in [3.8, 4) is 0 Å². The van der Waals surface area contributed by atoms with Gasteiger partial charge in [0.15, 0.2) is 0 Å². The molecule has 0 aliphatic rings. The van der Waals surface area contributed by atoms with Crippen LogP contribution < -0.4 is 15.5 Å². The standard InChI is InChI=1S/C15H27NO5/c1-14(2,3)9-15(4,5)8-11(17)16-10(13(20)21)6-7-12(18)19/h10H,6-9H2,1-5H3,(H,16,17)(H,18,19)(H,20,21)/p-2/t10-/m0/s1. The van der Waals surface area contributed by atoms with Crippen molar-refractivity contribution < 1.29 is 24.6 Å². The molecule has 0 aliphatic carbocycles. The van der Waals surface area contributed by atoms with Crippen LogP contribution in [-0.4, -0.2) is 23.9 Å². The maximum Gasteiger partial charge on any atom is 0.221 e. The van der Waals surface area contributed by atoms with Crippen LogP contribution in [0.5, 0.6) is 0 Å². The first-order valence-corrected chi connectivity index (χ1v) is 7.02. The van der Waals surface area contributed by atoms with E-state index in [-0.39, 0.29) is 23.7 Å². The van der Waals surface area contributed by atoms with Crippen LogP contribution in [0.2, 0.25) is 0 Å². The third kappa shape index (κ3) is 9.87. The van der Waals surface area contributed by atoms with Crippen molar-refractivity contribution in [2.45, 2.75) is 66.3 Å². The summed E-state index contributed by atoms with van der Waals surface area (Å²) in [6.45, 7) is 10.1. The molecule has 0 saturated carbocycles. The summed E-state index contributed by atoms with van der Waals surface area (Å²) < 4.78 is 0. The Kier molecular flexibility index (Phi) is 6.86. The van der Waals surface area contributed by atoms with E-state index in [4.69, 9.17) is 0 Å². The zero-order chi connectivity index (χ0) is 16.8. The minimum absolute atomic E-state index is 0.0481. The molecule has 0 saturated heterocycles. The number of carbonyl (C=O) groups is 3. The molecule has 1 N–H and O–H groups in total. The van der Waals surface area contributed by atoms with Crippen LogP contribution in [0.3, 0.4) is 0 Å². The zero-order valence-electron chi connectivity index (χ0n) is 13.4. The molecule has 0 aliphatic heterocycles. The average molecular weight is 299 g/mol. The van der Waals surface area contributed by atoms with E-state index in [0.717, 1.165) is 6.42 Å². The Morgan fingerprint density at radius 3 is 1.95 bits per heavy atom. The van der Waals surface area contributed by atoms with E-state index in [1.165, 1.54) is 0 Å². The first-order valence-electron chi connectivity index (χ1n) is 7.02. The molecule has 122 valence electrons. The minimum atomic E-state index is -1.49. The summed E-state index contributed by atoms with van der Waals surface area (Å²) in [7, 11) is 0. The maximum atomic E-state index is 11.9. The van der Waals surface area contributed by atoms with Crippen LogP contribution in [0.1, 0.15) is 60.3 Å². The van der Waals surface area contributed by atoms with Gasteiger partial charge in [-0.25, -0.2) is 0 Å². The molecule has 6 heteroatoms. The molecule has 6 nitrogen and oxygen atoms in total. The Morgan fingerprint density at radius 2 is 1.57 bits per heavy atom. The molecule has 0 rings (SSSR count). The summed E-state index contributed by atoms with van der Waals surface area (Å²) in [5, 5.41) is 23.6. The Bertz CT molecular complexity index is 395. The van der Waals surface area contributed by atoms with Crippen molar-refractivity contribution in [2.24, 2.45) is 10.8 Å². The van der Waals surface area contributed by atoms with Crippen LogP contribution in [0.15, 0.2) is 0 Å². The summed E-state index contributed by atoms with van der Waals surface area (Å²) in [5.41, 5.74) is -0.236. The summed E-state index contributed by atoms with van der Waals surface area (Å²) in [6, 6.07) is -1.30. The van der Waals surface area contributed by atoms with Gasteiger partial charge < -0.3 is 25.1 Å². The second-order valence-electron chi connectivity index (χ2n) is 7.43. The molecule has 0 radical (unpaired) electrons. The van der Waals surface area contributed by atoms with Crippen molar-refractivity contribution >= 4 is 17.8 Å². The Balaban J connectivity index is 4.56. The van der Waals surface area contributed by atoms with Gasteiger partial charge in [-0.15, -0.1) is 0 Å². The van der Waals surface area contributed by atoms with Gasteiger partial charge in [0, 0.05) is 12.4 Å². The number of carboxylic acid groups (broad SMARTS) is 2. The van der Waals surface area contributed by atoms with Gasteiger partial charge in [-0.05, 0) is 30.1 Å². The van der Waals surface area contributed by atoms with E-state index in [2.05, 4.69) is 26.1 Å². The molecule has 0 spiro atoms. The van der Waals surface area contributed by atoms with Crippen LogP contribution in [-0.2, 0) is 14.4 Å². The van der Waals surface area contributed by atoms with Gasteiger partial charge in [-0.3, -0.25) is 4.79 Å². The summed E-state index contributed by atoms with van der Waals surface area (Å²) in [6.07, 6.45) is 0.280. The van der Waals surface area contributed by atoms with Crippen molar-refractivity contribution in [1.29, 1.82) is 0 Å². The van der Waals surface area contributed by atoms with Crippen molar-refractivity contribution in [2.75, 3.05) is 0 Å². The van der Waals surface area contributed by atoms with Gasteiger partial charge in [0.2, 0.25) is 5.91 Å². The van der Waals surface area contributed by atoms with Gasteiger partial charge in [-0.1, -0.05) is 34.6 Å². The van der Waals surface area contributed by atoms with E-state index in [1.54, 1.807) is 0 Å². The number of rotatable bonds is 8. The van der Waals surface area contributed by atoms with Gasteiger partial charge in [0.1, 0.15) is 0 Å². The maximum absolute atomic E-state index is 11.9. The normalized spacial score (nSPS) is 13.6. The van der Waals surface area contributed by atoms with Crippen molar-refractivity contribution in [3.05, 3.63) is 0 Å². The van der Waals surface area contributed by atoms with Crippen LogP contribution in [0, 0.1) is 10.8 Å². The first kappa shape index (κ1) is 19.4. The van der Waals surface area contributed by atoms with Gasteiger partial charge in [0.25, 0.3) is 0 Å². The summed E-state index contributed by atoms with van der Waals surface area (Å²) in [4.78, 5) is 33.2. The Hall–Kier alpha value is -1.59. The largest absolute Gasteiger partial charge is 0.550 e.